The topological polar surface area (TPSA) is 57.0 Å². The number of nitrogens with zero attached hydrogens (tertiary/aromatic N) is 2. The highest BCUT2D eigenvalue weighted by Crippen LogP contribution is 2.28. The predicted octanol–water partition coefficient (Wildman–Crippen LogP) is 2.78. The zero-order chi connectivity index (χ0) is 13.4. The Hall–Kier alpha value is -2.07. The van der Waals surface area contributed by atoms with Gasteiger partial charge in [-0.25, -0.2) is 0 Å². The summed E-state index contributed by atoms with van der Waals surface area (Å²) in [4.78, 5) is 0. The number of hydrogen-bond acceptors (Lipinski definition) is 3. The van der Waals surface area contributed by atoms with E-state index in [0.717, 1.165) is 34.4 Å². The van der Waals surface area contributed by atoms with Gasteiger partial charge in [-0.3, -0.25) is 4.68 Å². The molecule has 2 aromatic heterocycles. The summed E-state index contributed by atoms with van der Waals surface area (Å²) in [5.41, 5.74) is 9.25. The average molecular weight is 255 g/mol. The molecule has 98 valence electrons. The second-order valence-electron chi connectivity index (χ2n) is 4.72. The largest absolute Gasteiger partial charge is 0.459 e. The third kappa shape index (κ3) is 2.04. The Bertz CT molecular complexity index is 678. The molecule has 1 atom stereocenters. The normalized spacial score (nSPS) is 13.0. The number of para-hydroxylation sites is 1. The Kier molecular flexibility index (Phi) is 2.87. The van der Waals surface area contributed by atoms with Crippen LogP contribution >= 0.6 is 0 Å². The number of aromatic nitrogens is 2. The number of aryl methyl sites for hydroxylation is 2. The van der Waals surface area contributed by atoms with Crippen molar-refractivity contribution in [1.29, 1.82) is 0 Å². The molecule has 0 amide bonds. The smallest absolute Gasteiger partial charge is 0.134 e. The molecule has 4 nitrogen and oxygen atoms in total. The van der Waals surface area contributed by atoms with Crippen molar-refractivity contribution in [3.63, 3.8) is 0 Å². The lowest BCUT2D eigenvalue weighted by Gasteiger charge is -2.07. The number of fused-ring (bicyclic) bond motifs is 1. The van der Waals surface area contributed by atoms with Gasteiger partial charge in [0, 0.05) is 24.2 Å². The number of benzene rings is 1. The second kappa shape index (κ2) is 4.55. The summed E-state index contributed by atoms with van der Waals surface area (Å²) in [5, 5.41) is 5.50. The maximum absolute atomic E-state index is 6.32. The first-order valence-electron chi connectivity index (χ1n) is 6.45. The van der Waals surface area contributed by atoms with Gasteiger partial charge in [-0.1, -0.05) is 25.1 Å². The van der Waals surface area contributed by atoms with Crippen molar-refractivity contribution in [3.8, 4) is 0 Å². The van der Waals surface area contributed by atoms with Crippen LogP contribution in [-0.2, 0) is 13.5 Å². The lowest BCUT2D eigenvalue weighted by atomic mass is 10.0. The van der Waals surface area contributed by atoms with Crippen molar-refractivity contribution in [2.24, 2.45) is 12.8 Å². The standard InChI is InChI=1S/C15H17N3O/c1-3-12-11(9-18(2)17-12)15(16)14-8-10-6-4-5-7-13(10)19-14/h4-9,15H,3,16H2,1-2H3. The average Bonchev–Trinajstić information content (AvgIpc) is 3.00. The molecule has 2 heterocycles. The van der Waals surface area contributed by atoms with Gasteiger partial charge >= 0.3 is 0 Å². The van der Waals surface area contributed by atoms with Gasteiger partial charge < -0.3 is 10.2 Å². The molecule has 0 bridgehead atoms. The highest BCUT2D eigenvalue weighted by molar-refractivity contribution is 5.77. The lowest BCUT2D eigenvalue weighted by molar-refractivity contribution is 0.524. The van der Waals surface area contributed by atoms with Crippen molar-refractivity contribution in [1.82, 2.24) is 9.78 Å². The molecule has 0 aliphatic heterocycles. The van der Waals surface area contributed by atoms with E-state index in [2.05, 4.69) is 12.0 Å². The van der Waals surface area contributed by atoms with Crippen LogP contribution in [0, 0.1) is 0 Å². The van der Waals surface area contributed by atoms with Crippen molar-refractivity contribution < 1.29 is 4.42 Å². The Morgan fingerprint density at radius 3 is 2.89 bits per heavy atom. The third-order valence-corrected chi connectivity index (χ3v) is 3.36. The highest BCUT2D eigenvalue weighted by Gasteiger charge is 2.19. The number of nitrogens with two attached hydrogens (primary N) is 1. The molecule has 1 unspecified atom stereocenters. The molecular formula is C15H17N3O. The van der Waals surface area contributed by atoms with E-state index in [9.17, 15) is 0 Å². The van der Waals surface area contributed by atoms with Crippen LogP contribution in [0.5, 0.6) is 0 Å². The van der Waals surface area contributed by atoms with Crippen molar-refractivity contribution >= 4 is 11.0 Å². The molecule has 0 fully saturated rings. The molecule has 0 saturated carbocycles. The first-order chi connectivity index (χ1) is 9.19. The van der Waals surface area contributed by atoms with Crippen LogP contribution in [0.15, 0.2) is 40.9 Å². The summed E-state index contributed by atoms with van der Waals surface area (Å²) in [7, 11) is 1.91. The van der Waals surface area contributed by atoms with E-state index in [0.29, 0.717) is 0 Å². The van der Waals surface area contributed by atoms with Gasteiger partial charge in [0.15, 0.2) is 0 Å². The van der Waals surface area contributed by atoms with E-state index in [1.54, 1.807) is 4.68 Å². The number of rotatable bonds is 3. The van der Waals surface area contributed by atoms with Crippen molar-refractivity contribution in [2.45, 2.75) is 19.4 Å². The molecule has 4 heteroatoms. The number of furan rings is 1. The summed E-state index contributed by atoms with van der Waals surface area (Å²) in [5.74, 6) is 0.781. The molecular weight excluding hydrogens is 238 g/mol. The van der Waals surface area contributed by atoms with Crippen LogP contribution in [0.2, 0.25) is 0 Å². The van der Waals surface area contributed by atoms with Crippen LogP contribution in [0.25, 0.3) is 11.0 Å². The summed E-state index contributed by atoms with van der Waals surface area (Å²) < 4.78 is 7.63. The zero-order valence-electron chi connectivity index (χ0n) is 11.1. The van der Waals surface area contributed by atoms with Crippen LogP contribution in [0.1, 0.15) is 30.0 Å². The van der Waals surface area contributed by atoms with Crippen LogP contribution < -0.4 is 5.73 Å². The first-order valence-corrected chi connectivity index (χ1v) is 6.45. The quantitative estimate of drug-likeness (QED) is 0.783. The maximum Gasteiger partial charge on any atom is 0.134 e. The highest BCUT2D eigenvalue weighted by atomic mass is 16.3. The van der Waals surface area contributed by atoms with Gasteiger partial charge in [0.05, 0.1) is 11.7 Å². The van der Waals surface area contributed by atoms with Gasteiger partial charge in [0.1, 0.15) is 11.3 Å². The number of hydrogen-bond donors (Lipinski definition) is 1. The SMILES string of the molecule is CCc1nn(C)cc1C(N)c1cc2ccccc2o1. The summed E-state index contributed by atoms with van der Waals surface area (Å²) in [6.07, 6.45) is 2.83. The molecule has 0 aliphatic rings. The molecule has 0 saturated heterocycles. The Morgan fingerprint density at radius 2 is 2.16 bits per heavy atom. The van der Waals surface area contributed by atoms with Crippen molar-refractivity contribution in [3.05, 3.63) is 53.5 Å². The maximum atomic E-state index is 6.32. The molecule has 0 radical (unpaired) electrons. The Morgan fingerprint density at radius 1 is 1.37 bits per heavy atom. The second-order valence-corrected chi connectivity index (χ2v) is 4.72. The fraction of sp³-hybridized carbons (Fsp3) is 0.267. The molecule has 0 spiro atoms. The fourth-order valence-electron chi connectivity index (χ4n) is 2.40. The van der Waals surface area contributed by atoms with Crippen molar-refractivity contribution in [2.75, 3.05) is 0 Å². The summed E-state index contributed by atoms with van der Waals surface area (Å²) in [6, 6.07) is 9.68. The van der Waals surface area contributed by atoms with Gasteiger partial charge in [-0.2, -0.15) is 5.10 Å². The van der Waals surface area contributed by atoms with E-state index >= 15 is 0 Å². The zero-order valence-corrected chi connectivity index (χ0v) is 11.1. The Balaban J connectivity index is 2.05. The van der Waals surface area contributed by atoms with E-state index in [-0.39, 0.29) is 6.04 Å². The van der Waals surface area contributed by atoms with Crippen LogP contribution in [-0.4, -0.2) is 9.78 Å². The predicted molar refractivity (Wildman–Crippen MR) is 74.8 cm³/mol. The minimum absolute atomic E-state index is 0.268. The third-order valence-electron chi connectivity index (χ3n) is 3.36. The van der Waals surface area contributed by atoms with E-state index in [4.69, 9.17) is 10.2 Å². The fourth-order valence-corrected chi connectivity index (χ4v) is 2.40. The molecule has 0 aliphatic carbocycles. The first kappa shape index (κ1) is 12.0. The van der Waals surface area contributed by atoms with Crippen LogP contribution in [0.3, 0.4) is 0 Å². The molecule has 3 rings (SSSR count). The molecule has 19 heavy (non-hydrogen) atoms. The molecule has 2 N–H and O–H groups in total. The minimum Gasteiger partial charge on any atom is -0.459 e. The van der Waals surface area contributed by atoms with Gasteiger partial charge in [0.25, 0.3) is 0 Å². The van der Waals surface area contributed by atoms with Gasteiger partial charge in [-0.05, 0) is 18.6 Å². The molecule has 3 aromatic rings. The summed E-state index contributed by atoms with van der Waals surface area (Å²) in [6.45, 7) is 2.08. The van der Waals surface area contributed by atoms with Crippen LogP contribution in [0.4, 0.5) is 0 Å². The molecule has 1 aromatic carbocycles. The van der Waals surface area contributed by atoms with Gasteiger partial charge in [0.2, 0.25) is 0 Å². The van der Waals surface area contributed by atoms with E-state index in [1.165, 1.54) is 0 Å². The lowest BCUT2D eigenvalue weighted by Crippen LogP contribution is -2.12. The monoisotopic (exact) mass is 255 g/mol. The van der Waals surface area contributed by atoms with E-state index in [1.807, 2.05) is 43.6 Å². The van der Waals surface area contributed by atoms with E-state index < -0.39 is 0 Å². The summed E-state index contributed by atoms with van der Waals surface area (Å²) >= 11 is 0. The minimum atomic E-state index is -0.268. The Labute approximate surface area is 111 Å². The van der Waals surface area contributed by atoms with Gasteiger partial charge in [-0.15, -0.1) is 0 Å².